The summed E-state index contributed by atoms with van der Waals surface area (Å²) in [6.07, 6.45) is 0. The minimum atomic E-state index is -0.532. The molecule has 0 saturated carbocycles. The van der Waals surface area contributed by atoms with Crippen molar-refractivity contribution in [3.05, 3.63) is 82.1 Å². The second-order valence-electron chi connectivity index (χ2n) is 6.98. The van der Waals surface area contributed by atoms with Crippen LogP contribution >= 0.6 is 11.8 Å². The summed E-state index contributed by atoms with van der Waals surface area (Å²) < 4.78 is 5.34. The van der Waals surface area contributed by atoms with Crippen LogP contribution in [0, 0.1) is 13.8 Å². The number of amides is 2. The van der Waals surface area contributed by atoms with Crippen LogP contribution in [-0.2, 0) is 15.3 Å². The summed E-state index contributed by atoms with van der Waals surface area (Å²) in [4.78, 5) is 25.2. The molecule has 0 aliphatic carbocycles. The highest BCUT2D eigenvalue weighted by molar-refractivity contribution is 7.98. The quantitative estimate of drug-likeness (QED) is 0.664. The Bertz CT molecular complexity index is 925. The van der Waals surface area contributed by atoms with Crippen molar-refractivity contribution in [3.8, 4) is 0 Å². The van der Waals surface area contributed by atoms with Crippen LogP contribution in [-0.4, -0.2) is 24.4 Å². The fraction of sp³-hybridized carbons (Fsp3) is 0.304. The summed E-state index contributed by atoms with van der Waals surface area (Å²) in [6, 6.07) is 15.3. The number of carbonyl (C=O) groups is 2. The monoisotopic (exact) mass is 410 g/mol. The summed E-state index contributed by atoms with van der Waals surface area (Å²) in [5.41, 5.74) is 5.28. The molecule has 0 aromatic heterocycles. The van der Waals surface area contributed by atoms with Gasteiger partial charge in [0.05, 0.1) is 18.2 Å². The maximum Gasteiger partial charge on any atom is 0.338 e. The fourth-order valence-corrected chi connectivity index (χ4v) is 4.29. The molecule has 0 radical (unpaired) electrons. The van der Waals surface area contributed by atoms with Crippen LogP contribution in [0.1, 0.15) is 35.2 Å². The van der Waals surface area contributed by atoms with Crippen LogP contribution in [0.2, 0.25) is 0 Å². The van der Waals surface area contributed by atoms with E-state index in [-0.39, 0.29) is 12.6 Å². The number of ether oxygens (including phenoxy) is 1. The predicted octanol–water partition coefficient (Wildman–Crippen LogP) is 4.41. The Morgan fingerprint density at radius 2 is 1.86 bits per heavy atom. The summed E-state index contributed by atoms with van der Waals surface area (Å²) in [5, 5.41) is 5.74. The van der Waals surface area contributed by atoms with E-state index in [2.05, 4.69) is 22.8 Å². The van der Waals surface area contributed by atoms with Gasteiger partial charge in [-0.2, -0.15) is 11.8 Å². The van der Waals surface area contributed by atoms with Gasteiger partial charge in [0.1, 0.15) is 0 Å². The average Bonchev–Trinajstić information content (AvgIpc) is 2.70. The molecule has 0 bridgehead atoms. The van der Waals surface area contributed by atoms with Gasteiger partial charge in [-0.25, -0.2) is 9.59 Å². The molecule has 1 atom stereocenters. The van der Waals surface area contributed by atoms with Crippen molar-refractivity contribution in [2.24, 2.45) is 0 Å². The minimum absolute atomic E-state index is 0.278. The number of rotatable bonds is 7. The third-order valence-electron chi connectivity index (χ3n) is 4.75. The van der Waals surface area contributed by atoms with Crippen molar-refractivity contribution in [2.75, 3.05) is 12.4 Å². The molecule has 5 nitrogen and oxygen atoms in total. The van der Waals surface area contributed by atoms with Crippen LogP contribution in [0.5, 0.6) is 0 Å². The third-order valence-corrected chi connectivity index (χ3v) is 5.78. The van der Waals surface area contributed by atoms with Crippen LogP contribution < -0.4 is 10.6 Å². The predicted molar refractivity (Wildman–Crippen MR) is 117 cm³/mol. The fourth-order valence-electron chi connectivity index (χ4n) is 3.33. The molecule has 3 rings (SSSR count). The molecule has 0 fully saturated rings. The molecule has 1 heterocycles. The van der Waals surface area contributed by atoms with Gasteiger partial charge in [0.2, 0.25) is 0 Å². The summed E-state index contributed by atoms with van der Waals surface area (Å²) in [5.74, 6) is 0.900. The molecule has 0 saturated heterocycles. The van der Waals surface area contributed by atoms with Crippen LogP contribution in [0.25, 0.3) is 0 Å². The van der Waals surface area contributed by atoms with Crippen molar-refractivity contribution in [2.45, 2.75) is 32.6 Å². The SMILES string of the molecule is CCOC(=O)C1=C(CSCc2ccccc2)NC(=O)N[C@H]1c1cc(C)ccc1C. The van der Waals surface area contributed by atoms with Crippen molar-refractivity contribution in [1.82, 2.24) is 10.6 Å². The van der Waals surface area contributed by atoms with Crippen LogP contribution in [0.4, 0.5) is 4.79 Å². The standard InChI is InChI=1S/C23H26N2O3S/c1-4-28-22(26)20-19(14-29-13-17-8-6-5-7-9-17)24-23(27)25-21(20)18-12-15(2)10-11-16(18)3/h5-12,21H,4,13-14H2,1-3H3,(H2,24,25,27)/t21-/m0/s1. The van der Waals surface area contributed by atoms with E-state index in [4.69, 9.17) is 4.74 Å². The largest absolute Gasteiger partial charge is 0.463 e. The molecule has 152 valence electrons. The average molecular weight is 411 g/mol. The van der Waals surface area contributed by atoms with Gasteiger partial charge in [-0.1, -0.05) is 54.1 Å². The number of urea groups is 1. The molecule has 2 aromatic rings. The van der Waals surface area contributed by atoms with Crippen molar-refractivity contribution < 1.29 is 14.3 Å². The van der Waals surface area contributed by atoms with Gasteiger partial charge in [-0.15, -0.1) is 0 Å². The number of hydrogen-bond donors (Lipinski definition) is 2. The molecule has 2 N–H and O–H groups in total. The summed E-state index contributed by atoms with van der Waals surface area (Å²) in [7, 11) is 0. The smallest absolute Gasteiger partial charge is 0.338 e. The lowest BCUT2D eigenvalue weighted by Crippen LogP contribution is -2.46. The molecule has 29 heavy (non-hydrogen) atoms. The molecule has 2 amide bonds. The van der Waals surface area contributed by atoms with E-state index in [1.54, 1.807) is 18.7 Å². The van der Waals surface area contributed by atoms with Gasteiger partial charge in [-0.05, 0) is 37.5 Å². The Kier molecular flexibility index (Phi) is 6.99. The highest BCUT2D eigenvalue weighted by Crippen LogP contribution is 2.32. The second-order valence-corrected chi connectivity index (χ2v) is 7.97. The minimum Gasteiger partial charge on any atom is -0.463 e. The molecule has 1 aliphatic heterocycles. The number of carbonyl (C=O) groups excluding carboxylic acids is 2. The molecular formula is C23H26N2O3S. The van der Waals surface area contributed by atoms with Crippen LogP contribution in [0.3, 0.4) is 0 Å². The van der Waals surface area contributed by atoms with Gasteiger partial charge >= 0.3 is 12.0 Å². The normalized spacial score (nSPS) is 16.2. The van der Waals surface area contributed by atoms with E-state index in [0.717, 1.165) is 22.4 Å². The van der Waals surface area contributed by atoms with E-state index < -0.39 is 12.0 Å². The Hall–Kier alpha value is -2.73. The number of hydrogen-bond acceptors (Lipinski definition) is 4. The first-order chi connectivity index (χ1) is 14.0. The lowest BCUT2D eigenvalue weighted by Gasteiger charge is -2.30. The van der Waals surface area contributed by atoms with E-state index >= 15 is 0 Å². The Labute approximate surface area is 175 Å². The van der Waals surface area contributed by atoms with E-state index in [1.807, 2.05) is 50.2 Å². The third kappa shape index (κ3) is 5.21. The van der Waals surface area contributed by atoms with Crippen molar-refractivity contribution in [1.29, 1.82) is 0 Å². The molecule has 2 aromatic carbocycles. The van der Waals surface area contributed by atoms with Crippen molar-refractivity contribution >= 4 is 23.8 Å². The maximum atomic E-state index is 12.8. The highest BCUT2D eigenvalue weighted by atomic mass is 32.2. The summed E-state index contributed by atoms with van der Waals surface area (Å²) >= 11 is 1.65. The number of aryl methyl sites for hydroxylation is 2. The number of thioether (sulfide) groups is 1. The summed E-state index contributed by atoms with van der Waals surface area (Å²) in [6.45, 7) is 6.04. The molecule has 6 heteroatoms. The number of nitrogens with one attached hydrogen (secondary N) is 2. The van der Waals surface area contributed by atoms with E-state index in [9.17, 15) is 9.59 Å². The zero-order valence-electron chi connectivity index (χ0n) is 17.0. The first kappa shape index (κ1) is 21.0. The molecule has 0 spiro atoms. The van der Waals surface area contributed by atoms with Gasteiger partial charge in [0.15, 0.2) is 0 Å². The topological polar surface area (TPSA) is 67.4 Å². The lowest BCUT2D eigenvalue weighted by molar-refractivity contribution is -0.139. The van der Waals surface area contributed by atoms with Gasteiger partial charge < -0.3 is 15.4 Å². The van der Waals surface area contributed by atoms with Gasteiger partial charge in [0, 0.05) is 17.2 Å². The van der Waals surface area contributed by atoms with E-state index in [1.165, 1.54) is 5.56 Å². The maximum absolute atomic E-state index is 12.8. The molecular weight excluding hydrogens is 384 g/mol. The lowest BCUT2D eigenvalue weighted by atomic mass is 9.91. The van der Waals surface area contributed by atoms with Crippen molar-refractivity contribution in [3.63, 3.8) is 0 Å². The van der Waals surface area contributed by atoms with E-state index in [0.29, 0.717) is 17.0 Å². The Balaban J connectivity index is 1.93. The highest BCUT2D eigenvalue weighted by Gasteiger charge is 2.34. The second kappa shape index (κ2) is 9.65. The zero-order valence-corrected chi connectivity index (χ0v) is 17.8. The van der Waals surface area contributed by atoms with Gasteiger partial charge in [-0.3, -0.25) is 0 Å². The zero-order chi connectivity index (χ0) is 20.8. The number of esters is 1. The molecule has 0 unspecified atom stereocenters. The number of benzene rings is 2. The molecule has 1 aliphatic rings. The Morgan fingerprint density at radius 1 is 1.10 bits per heavy atom. The first-order valence-electron chi connectivity index (χ1n) is 9.66. The van der Waals surface area contributed by atoms with Gasteiger partial charge in [0.25, 0.3) is 0 Å². The Morgan fingerprint density at radius 3 is 2.59 bits per heavy atom. The van der Waals surface area contributed by atoms with Crippen LogP contribution in [0.15, 0.2) is 59.8 Å². The first-order valence-corrected chi connectivity index (χ1v) is 10.8.